The Balaban J connectivity index is 1.43. The highest BCUT2D eigenvalue weighted by Crippen LogP contribution is 2.44. The highest BCUT2D eigenvalue weighted by atomic mass is 32.2. The van der Waals surface area contributed by atoms with Crippen molar-refractivity contribution in [2.45, 2.75) is 28.0 Å². The third-order valence-electron chi connectivity index (χ3n) is 5.79. The highest BCUT2D eigenvalue weighted by Gasteiger charge is 2.14. The summed E-state index contributed by atoms with van der Waals surface area (Å²) >= 11 is 3.20. The third-order valence-corrected chi connectivity index (χ3v) is 7.77. The lowest BCUT2D eigenvalue weighted by molar-refractivity contribution is 0.469. The molecule has 0 aliphatic rings. The van der Waals surface area contributed by atoms with Gasteiger partial charge in [-0.25, -0.2) is 0 Å². The molecule has 0 spiro atoms. The summed E-state index contributed by atoms with van der Waals surface area (Å²) in [6.07, 6.45) is 0.956. The molecule has 2 nitrogen and oxygen atoms in total. The molecule has 5 rings (SSSR count). The standard InChI is InChI=1S/C30H25NOS2/c1-2-21-10-6-9-15-28(21)33-29-20-27(25-13-7-8-14-26(25)30(29)32)31-34-24-18-16-23(17-19-24)22-11-4-3-5-12-22/h3-20,31-32H,2H2,1H3. The first-order valence-corrected chi connectivity index (χ1v) is 12.9. The van der Waals surface area contributed by atoms with Crippen LogP contribution >= 0.6 is 23.7 Å². The van der Waals surface area contributed by atoms with E-state index in [1.165, 1.54) is 21.6 Å². The zero-order chi connectivity index (χ0) is 23.3. The van der Waals surface area contributed by atoms with Crippen LogP contribution in [0.25, 0.3) is 21.9 Å². The largest absolute Gasteiger partial charge is 0.506 e. The van der Waals surface area contributed by atoms with Gasteiger partial charge in [0.25, 0.3) is 0 Å². The molecule has 168 valence electrons. The number of hydrogen-bond acceptors (Lipinski definition) is 4. The summed E-state index contributed by atoms with van der Waals surface area (Å²) in [4.78, 5) is 3.15. The third kappa shape index (κ3) is 4.79. The van der Waals surface area contributed by atoms with E-state index in [4.69, 9.17) is 0 Å². The summed E-state index contributed by atoms with van der Waals surface area (Å²) in [5.41, 5.74) is 4.68. The van der Waals surface area contributed by atoms with Crippen LogP contribution in [-0.4, -0.2) is 5.11 Å². The Kier molecular flexibility index (Phi) is 6.79. The average molecular weight is 480 g/mol. The van der Waals surface area contributed by atoms with Gasteiger partial charge in [0.2, 0.25) is 0 Å². The summed E-state index contributed by atoms with van der Waals surface area (Å²) in [7, 11) is 0. The first-order chi connectivity index (χ1) is 16.7. The average Bonchev–Trinajstić information content (AvgIpc) is 2.90. The first-order valence-electron chi connectivity index (χ1n) is 11.3. The van der Waals surface area contributed by atoms with Crippen LogP contribution in [0.5, 0.6) is 5.75 Å². The van der Waals surface area contributed by atoms with Gasteiger partial charge in [-0.15, -0.1) is 0 Å². The van der Waals surface area contributed by atoms with Crippen LogP contribution in [0.2, 0.25) is 0 Å². The summed E-state index contributed by atoms with van der Waals surface area (Å²) in [5.74, 6) is 0.328. The number of rotatable bonds is 7. The van der Waals surface area contributed by atoms with Crippen LogP contribution in [0.4, 0.5) is 5.69 Å². The molecule has 0 aliphatic carbocycles. The van der Waals surface area contributed by atoms with Gasteiger partial charge in [-0.2, -0.15) is 0 Å². The minimum atomic E-state index is 0.328. The Labute approximate surface area is 209 Å². The number of anilines is 1. The molecule has 2 N–H and O–H groups in total. The van der Waals surface area contributed by atoms with E-state index in [1.807, 2.05) is 36.4 Å². The minimum absolute atomic E-state index is 0.328. The summed E-state index contributed by atoms with van der Waals surface area (Å²) in [6, 6.07) is 37.4. The number of nitrogens with one attached hydrogen (secondary N) is 1. The van der Waals surface area contributed by atoms with Crippen LogP contribution < -0.4 is 4.72 Å². The number of phenolic OH excluding ortho intramolecular Hbond substituents is 1. The van der Waals surface area contributed by atoms with E-state index in [1.54, 1.807) is 23.7 Å². The molecular formula is C30H25NOS2. The molecule has 34 heavy (non-hydrogen) atoms. The van der Waals surface area contributed by atoms with Gasteiger partial charge < -0.3 is 9.83 Å². The maximum absolute atomic E-state index is 11.1. The number of phenols is 1. The summed E-state index contributed by atoms with van der Waals surface area (Å²) < 4.78 is 3.54. The van der Waals surface area contributed by atoms with Gasteiger partial charge in [0.15, 0.2) is 0 Å². The van der Waals surface area contributed by atoms with Crippen molar-refractivity contribution in [2.24, 2.45) is 0 Å². The van der Waals surface area contributed by atoms with E-state index in [-0.39, 0.29) is 0 Å². The van der Waals surface area contributed by atoms with Crippen LogP contribution in [0, 0.1) is 0 Å². The van der Waals surface area contributed by atoms with Crippen LogP contribution in [-0.2, 0) is 6.42 Å². The SMILES string of the molecule is CCc1ccccc1Sc1cc(NSc2ccc(-c3ccccc3)cc2)c2ccccc2c1O. The molecule has 0 fully saturated rings. The molecule has 0 atom stereocenters. The predicted octanol–water partition coefficient (Wildman–Crippen LogP) is 9.05. The Morgan fingerprint density at radius 3 is 2.09 bits per heavy atom. The minimum Gasteiger partial charge on any atom is -0.506 e. The Morgan fingerprint density at radius 1 is 0.676 bits per heavy atom. The Bertz CT molecular complexity index is 1420. The lowest BCUT2D eigenvalue weighted by atomic mass is 10.1. The lowest BCUT2D eigenvalue weighted by Gasteiger charge is -2.15. The van der Waals surface area contributed by atoms with E-state index < -0.39 is 0 Å². The fraction of sp³-hybridized carbons (Fsp3) is 0.0667. The van der Waals surface area contributed by atoms with Crippen LogP contribution in [0.3, 0.4) is 0 Å². The molecule has 0 aliphatic heterocycles. The van der Waals surface area contributed by atoms with Gasteiger partial charge >= 0.3 is 0 Å². The smallest absolute Gasteiger partial charge is 0.137 e. The number of fused-ring (bicyclic) bond motifs is 1. The monoisotopic (exact) mass is 479 g/mol. The van der Waals surface area contributed by atoms with Crippen LogP contribution in [0.1, 0.15) is 12.5 Å². The summed E-state index contributed by atoms with van der Waals surface area (Å²) in [6.45, 7) is 2.16. The van der Waals surface area contributed by atoms with Gasteiger partial charge in [-0.1, -0.05) is 104 Å². The predicted molar refractivity (Wildman–Crippen MR) is 147 cm³/mol. The number of aromatic hydroxyl groups is 1. The van der Waals surface area contributed by atoms with Crippen molar-refractivity contribution < 1.29 is 5.11 Å². The topological polar surface area (TPSA) is 32.3 Å². The molecule has 0 saturated heterocycles. The van der Waals surface area contributed by atoms with Crippen molar-refractivity contribution in [1.82, 2.24) is 0 Å². The molecule has 0 amide bonds. The lowest BCUT2D eigenvalue weighted by Crippen LogP contribution is -1.91. The van der Waals surface area contributed by atoms with E-state index >= 15 is 0 Å². The maximum Gasteiger partial charge on any atom is 0.137 e. The van der Waals surface area contributed by atoms with Gasteiger partial charge in [0, 0.05) is 20.6 Å². The zero-order valence-corrected chi connectivity index (χ0v) is 20.5. The maximum atomic E-state index is 11.1. The van der Waals surface area contributed by atoms with Crippen molar-refractivity contribution in [3.05, 3.63) is 115 Å². The van der Waals surface area contributed by atoms with Gasteiger partial charge in [0.05, 0.1) is 10.6 Å². The van der Waals surface area contributed by atoms with Crippen molar-refractivity contribution >= 4 is 40.2 Å². The molecule has 0 bridgehead atoms. The van der Waals surface area contributed by atoms with Gasteiger partial charge in [-0.05, 0) is 59.3 Å². The Morgan fingerprint density at radius 2 is 1.32 bits per heavy atom. The molecule has 5 aromatic rings. The molecular weight excluding hydrogens is 454 g/mol. The molecule has 4 heteroatoms. The van der Waals surface area contributed by atoms with Gasteiger partial charge in [0.1, 0.15) is 5.75 Å². The molecule has 0 aromatic heterocycles. The van der Waals surface area contributed by atoms with Crippen LogP contribution in [0.15, 0.2) is 124 Å². The quantitative estimate of drug-likeness (QED) is 0.180. The van der Waals surface area contributed by atoms with Gasteiger partial charge in [-0.3, -0.25) is 0 Å². The second-order valence-electron chi connectivity index (χ2n) is 7.97. The van der Waals surface area contributed by atoms with E-state index in [9.17, 15) is 5.11 Å². The summed E-state index contributed by atoms with van der Waals surface area (Å²) in [5, 5.41) is 12.9. The normalized spacial score (nSPS) is 11.0. The van der Waals surface area contributed by atoms with Crippen molar-refractivity contribution in [1.29, 1.82) is 0 Å². The fourth-order valence-corrected chi connectivity index (χ4v) is 5.75. The fourth-order valence-electron chi connectivity index (χ4n) is 3.97. The molecule has 5 aromatic carbocycles. The zero-order valence-electron chi connectivity index (χ0n) is 18.9. The molecule has 0 radical (unpaired) electrons. The van der Waals surface area contributed by atoms with Crippen molar-refractivity contribution in [3.63, 3.8) is 0 Å². The van der Waals surface area contributed by atoms with E-state index in [0.29, 0.717) is 5.75 Å². The first kappa shape index (κ1) is 22.5. The number of hydrogen-bond donors (Lipinski definition) is 2. The second kappa shape index (κ2) is 10.3. The van der Waals surface area contributed by atoms with E-state index in [2.05, 4.69) is 84.4 Å². The Hall–Kier alpha value is -3.34. The highest BCUT2D eigenvalue weighted by molar-refractivity contribution is 8.00. The molecule has 0 unspecified atom stereocenters. The van der Waals surface area contributed by atoms with E-state index in [0.717, 1.165) is 32.7 Å². The number of aryl methyl sites for hydroxylation is 1. The van der Waals surface area contributed by atoms with Crippen molar-refractivity contribution in [3.8, 4) is 16.9 Å². The molecule has 0 heterocycles. The second-order valence-corrected chi connectivity index (χ2v) is 9.94. The number of benzene rings is 5. The molecule has 0 saturated carbocycles. The van der Waals surface area contributed by atoms with Crippen molar-refractivity contribution in [2.75, 3.05) is 4.72 Å².